The standard InChI is InChI=1S/C20H20N2O6S/c1-15-4-6-16(7-5-15)9-12-29(24,25)21-10-8-20(23)27-14-17-13-19(28-22-17)18-3-2-11-26-18/h2-7,9,11-13,21H,8,10,14H2,1H3/b12-9+. The van der Waals surface area contributed by atoms with Crippen LogP contribution in [0.1, 0.15) is 23.2 Å². The number of rotatable bonds is 9. The second-order valence-electron chi connectivity index (χ2n) is 6.22. The molecule has 0 bridgehead atoms. The largest absolute Gasteiger partial charge is 0.461 e. The molecule has 3 aromatic rings. The van der Waals surface area contributed by atoms with E-state index in [4.69, 9.17) is 13.7 Å². The van der Waals surface area contributed by atoms with Gasteiger partial charge in [-0.05, 0) is 30.7 Å². The summed E-state index contributed by atoms with van der Waals surface area (Å²) in [6.45, 7) is 1.80. The van der Waals surface area contributed by atoms with Gasteiger partial charge in [-0.25, -0.2) is 13.1 Å². The summed E-state index contributed by atoms with van der Waals surface area (Å²) < 4.78 is 41.6. The predicted molar refractivity (Wildman–Crippen MR) is 106 cm³/mol. The first kappa shape index (κ1) is 20.6. The minimum Gasteiger partial charge on any atom is -0.461 e. The smallest absolute Gasteiger partial charge is 0.307 e. The summed E-state index contributed by atoms with van der Waals surface area (Å²) in [5.41, 5.74) is 2.28. The molecule has 0 radical (unpaired) electrons. The molecular weight excluding hydrogens is 396 g/mol. The maximum Gasteiger partial charge on any atom is 0.307 e. The van der Waals surface area contributed by atoms with Crippen molar-refractivity contribution in [3.05, 3.63) is 71.0 Å². The van der Waals surface area contributed by atoms with Crippen LogP contribution in [0.5, 0.6) is 0 Å². The molecule has 8 nitrogen and oxygen atoms in total. The van der Waals surface area contributed by atoms with Gasteiger partial charge in [0, 0.05) is 18.0 Å². The molecule has 0 spiro atoms. The lowest BCUT2D eigenvalue weighted by Gasteiger charge is -2.04. The maximum absolute atomic E-state index is 12.0. The lowest BCUT2D eigenvalue weighted by atomic mass is 10.2. The second kappa shape index (κ2) is 9.35. The van der Waals surface area contributed by atoms with Crippen molar-refractivity contribution in [1.82, 2.24) is 9.88 Å². The SMILES string of the molecule is Cc1ccc(/C=C/S(=O)(=O)NCCC(=O)OCc2cc(-c3ccco3)on2)cc1. The fraction of sp³-hybridized carbons (Fsp3) is 0.200. The number of carbonyl (C=O) groups is 1. The molecule has 0 aliphatic rings. The van der Waals surface area contributed by atoms with Crippen LogP contribution in [0.4, 0.5) is 0 Å². The van der Waals surface area contributed by atoms with Gasteiger partial charge >= 0.3 is 5.97 Å². The van der Waals surface area contributed by atoms with Crippen LogP contribution in [0.25, 0.3) is 17.6 Å². The molecule has 152 valence electrons. The van der Waals surface area contributed by atoms with E-state index in [9.17, 15) is 13.2 Å². The molecule has 0 aliphatic carbocycles. The Hall–Kier alpha value is -3.17. The van der Waals surface area contributed by atoms with Gasteiger partial charge in [0.2, 0.25) is 15.8 Å². The minimum atomic E-state index is -3.65. The monoisotopic (exact) mass is 416 g/mol. The van der Waals surface area contributed by atoms with Crippen LogP contribution in [0, 0.1) is 6.92 Å². The van der Waals surface area contributed by atoms with E-state index in [1.54, 1.807) is 18.2 Å². The van der Waals surface area contributed by atoms with Crippen molar-refractivity contribution in [2.45, 2.75) is 20.0 Å². The molecule has 1 N–H and O–H groups in total. The maximum atomic E-state index is 12.0. The average Bonchev–Trinajstić information content (AvgIpc) is 3.37. The Labute approximate surface area is 168 Å². The van der Waals surface area contributed by atoms with Crippen LogP contribution >= 0.6 is 0 Å². The summed E-state index contributed by atoms with van der Waals surface area (Å²) in [4.78, 5) is 11.8. The topological polar surface area (TPSA) is 112 Å². The number of nitrogens with one attached hydrogen (secondary N) is 1. The first-order chi connectivity index (χ1) is 13.9. The molecule has 2 heterocycles. The number of ether oxygens (including phenoxy) is 1. The summed E-state index contributed by atoms with van der Waals surface area (Å²) in [7, 11) is -3.65. The van der Waals surface area contributed by atoms with Gasteiger partial charge in [0.15, 0.2) is 5.76 Å². The van der Waals surface area contributed by atoms with E-state index >= 15 is 0 Å². The third kappa shape index (κ3) is 6.44. The van der Waals surface area contributed by atoms with Gasteiger partial charge in [-0.15, -0.1) is 0 Å². The fourth-order valence-electron chi connectivity index (χ4n) is 2.33. The fourth-order valence-corrected chi connectivity index (χ4v) is 3.15. The number of nitrogens with zero attached hydrogens (tertiary/aromatic N) is 1. The van der Waals surface area contributed by atoms with Crippen molar-refractivity contribution in [3.63, 3.8) is 0 Å². The summed E-state index contributed by atoms with van der Waals surface area (Å²) in [5, 5.41) is 4.85. The number of aryl methyl sites for hydroxylation is 1. The third-order valence-corrected chi connectivity index (χ3v) is 4.95. The van der Waals surface area contributed by atoms with Crippen LogP contribution in [0.3, 0.4) is 0 Å². The Kier molecular flexibility index (Phi) is 6.63. The Morgan fingerprint density at radius 1 is 1.21 bits per heavy atom. The third-order valence-electron chi connectivity index (χ3n) is 3.85. The summed E-state index contributed by atoms with van der Waals surface area (Å²) >= 11 is 0. The summed E-state index contributed by atoms with van der Waals surface area (Å²) in [6.07, 6.45) is 2.89. The molecule has 2 aromatic heterocycles. The second-order valence-corrected chi connectivity index (χ2v) is 7.87. The van der Waals surface area contributed by atoms with Gasteiger partial charge in [-0.3, -0.25) is 4.79 Å². The van der Waals surface area contributed by atoms with Crippen molar-refractivity contribution < 1.29 is 26.9 Å². The van der Waals surface area contributed by atoms with Crippen molar-refractivity contribution in [1.29, 1.82) is 0 Å². The number of hydrogen-bond donors (Lipinski definition) is 1. The predicted octanol–water partition coefficient (Wildman–Crippen LogP) is 3.27. The Morgan fingerprint density at radius 3 is 2.72 bits per heavy atom. The highest BCUT2D eigenvalue weighted by Gasteiger charge is 2.12. The van der Waals surface area contributed by atoms with Crippen LogP contribution in [0.15, 0.2) is 63.1 Å². The molecule has 1 aromatic carbocycles. The zero-order chi connectivity index (χ0) is 20.7. The zero-order valence-corrected chi connectivity index (χ0v) is 16.5. The lowest BCUT2D eigenvalue weighted by molar-refractivity contribution is -0.144. The molecule has 29 heavy (non-hydrogen) atoms. The van der Waals surface area contributed by atoms with Crippen molar-refractivity contribution in [2.75, 3.05) is 6.54 Å². The van der Waals surface area contributed by atoms with Gasteiger partial charge in [0.1, 0.15) is 12.3 Å². The van der Waals surface area contributed by atoms with E-state index in [1.807, 2.05) is 31.2 Å². The van der Waals surface area contributed by atoms with Crippen LogP contribution < -0.4 is 4.72 Å². The molecule has 9 heteroatoms. The van der Waals surface area contributed by atoms with Gasteiger partial charge < -0.3 is 13.7 Å². The molecule has 0 saturated heterocycles. The molecule has 0 saturated carbocycles. The number of aromatic nitrogens is 1. The molecule has 3 rings (SSSR count). The summed E-state index contributed by atoms with van der Waals surface area (Å²) in [5.74, 6) is 0.384. The van der Waals surface area contributed by atoms with E-state index in [0.29, 0.717) is 17.2 Å². The number of carbonyl (C=O) groups excluding carboxylic acids is 1. The van der Waals surface area contributed by atoms with E-state index in [2.05, 4.69) is 9.88 Å². The highest BCUT2D eigenvalue weighted by Crippen LogP contribution is 2.20. The number of hydrogen-bond acceptors (Lipinski definition) is 7. The van der Waals surface area contributed by atoms with Crippen LogP contribution in [-0.2, 0) is 26.2 Å². The summed E-state index contributed by atoms with van der Waals surface area (Å²) in [6, 6.07) is 12.5. The molecule has 0 unspecified atom stereocenters. The van der Waals surface area contributed by atoms with Gasteiger partial charge in [-0.1, -0.05) is 35.0 Å². The van der Waals surface area contributed by atoms with Gasteiger partial charge in [0.05, 0.1) is 12.7 Å². The number of furan rings is 1. The quantitative estimate of drug-likeness (QED) is 0.533. The Morgan fingerprint density at radius 2 is 2.00 bits per heavy atom. The van der Waals surface area contributed by atoms with E-state index in [-0.39, 0.29) is 19.6 Å². The number of esters is 1. The van der Waals surface area contributed by atoms with Gasteiger partial charge in [-0.2, -0.15) is 0 Å². The molecule has 0 fully saturated rings. The van der Waals surface area contributed by atoms with Crippen LogP contribution in [-0.4, -0.2) is 26.1 Å². The molecule has 0 aliphatic heterocycles. The minimum absolute atomic E-state index is 0.0735. The normalized spacial score (nSPS) is 11.8. The van der Waals surface area contributed by atoms with Crippen molar-refractivity contribution in [3.8, 4) is 11.5 Å². The number of benzene rings is 1. The first-order valence-electron chi connectivity index (χ1n) is 8.81. The molecular formula is C20H20N2O6S. The van der Waals surface area contributed by atoms with Crippen molar-refractivity contribution >= 4 is 22.1 Å². The number of sulfonamides is 1. The molecule has 0 atom stereocenters. The Bertz CT molecular complexity index is 1070. The average molecular weight is 416 g/mol. The highest BCUT2D eigenvalue weighted by molar-refractivity contribution is 7.92. The highest BCUT2D eigenvalue weighted by atomic mass is 32.2. The lowest BCUT2D eigenvalue weighted by Crippen LogP contribution is -2.24. The van der Waals surface area contributed by atoms with Crippen LogP contribution in [0.2, 0.25) is 0 Å². The zero-order valence-electron chi connectivity index (χ0n) is 15.7. The van der Waals surface area contributed by atoms with E-state index in [0.717, 1.165) is 16.5 Å². The van der Waals surface area contributed by atoms with E-state index in [1.165, 1.54) is 12.3 Å². The first-order valence-corrected chi connectivity index (χ1v) is 10.4. The van der Waals surface area contributed by atoms with E-state index < -0.39 is 16.0 Å². The van der Waals surface area contributed by atoms with Gasteiger partial charge in [0.25, 0.3) is 0 Å². The van der Waals surface area contributed by atoms with Crippen molar-refractivity contribution in [2.24, 2.45) is 0 Å². The Balaban J connectivity index is 1.40. The molecule has 0 amide bonds.